The Balaban J connectivity index is 1.73. The van der Waals surface area contributed by atoms with Gasteiger partial charge in [-0.3, -0.25) is 9.59 Å². The molecule has 1 saturated heterocycles. The Labute approximate surface area is 173 Å². The standard InChI is InChI=1S/C24H31N3O2/c1-24(2,3)23(29)25-20-12-9-11-18(16-20)22(28)26(4)17-19-10-5-6-13-21(19)27-14-7-8-15-27/h5-6,9-13,16H,7-8,14-15,17H2,1-4H3,(H,25,29). The molecule has 5 heteroatoms. The normalized spacial score (nSPS) is 14.0. The summed E-state index contributed by atoms with van der Waals surface area (Å²) in [4.78, 5) is 29.4. The molecule has 0 aliphatic carbocycles. The van der Waals surface area contributed by atoms with Gasteiger partial charge in [-0.2, -0.15) is 0 Å². The van der Waals surface area contributed by atoms with Crippen LogP contribution < -0.4 is 10.2 Å². The maximum absolute atomic E-state index is 13.0. The maximum atomic E-state index is 13.0. The SMILES string of the molecule is CN(Cc1ccccc1N1CCCC1)C(=O)c1cccc(NC(=O)C(C)(C)C)c1. The van der Waals surface area contributed by atoms with Crippen molar-refractivity contribution in [3.63, 3.8) is 0 Å². The van der Waals surface area contributed by atoms with Crippen LogP contribution in [0.5, 0.6) is 0 Å². The van der Waals surface area contributed by atoms with Crippen molar-refractivity contribution in [3.05, 3.63) is 59.7 Å². The van der Waals surface area contributed by atoms with E-state index in [1.807, 2.05) is 40.0 Å². The molecule has 2 amide bonds. The number of anilines is 2. The van der Waals surface area contributed by atoms with E-state index in [4.69, 9.17) is 0 Å². The number of carbonyl (C=O) groups is 2. The van der Waals surface area contributed by atoms with E-state index in [1.54, 1.807) is 23.1 Å². The Kier molecular flexibility index (Phi) is 6.26. The fourth-order valence-corrected chi connectivity index (χ4v) is 3.51. The van der Waals surface area contributed by atoms with Crippen LogP contribution in [-0.2, 0) is 11.3 Å². The number of benzene rings is 2. The van der Waals surface area contributed by atoms with E-state index >= 15 is 0 Å². The van der Waals surface area contributed by atoms with E-state index in [-0.39, 0.29) is 11.8 Å². The minimum atomic E-state index is -0.490. The van der Waals surface area contributed by atoms with E-state index in [0.717, 1.165) is 18.7 Å². The van der Waals surface area contributed by atoms with Gasteiger partial charge in [0.05, 0.1) is 0 Å². The maximum Gasteiger partial charge on any atom is 0.253 e. The van der Waals surface area contributed by atoms with Crippen molar-refractivity contribution in [3.8, 4) is 0 Å². The average molecular weight is 394 g/mol. The van der Waals surface area contributed by atoms with Crippen molar-refractivity contribution in [1.82, 2.24) is 4.90 Å². The van der Waals surface area contributed by atoms with Crippen molar-refractivity contribution in [2.24, 2.45) is 5.41 Å². The van der Waals surface area contributed by atoms with Gasteiger partial charge >= 0.3 is 0 Å². The highest BCUT2D eigenvalue weighted by Gasteiger charge is 2.22. The molecule has 5 nitrogen and oxygen atoms in total. The highest BCUT2D eigenvalue weighted by Crippen LogP contribution is 2.26. The third-order valence-corrected chi connectivity index (χ3v) is 5.24. The van der Waals surface area contributed by atoms with Gasteiger partial charge in [-0.15, -0.1) is 0 Å². The van der Waals surface area contributed by atoms with Gasteiger partial charge in [-0.1, -0.05) is 45.0 Å². The predicted molar refractivity (Wildman–Crippen MR) is 118 cm³/mol. The van der Waals surface area contributed by atoms with Crippen LogP contribution in [0.3, 0.4) is 0 Å². The summed E-state index contributed by atoms with van der Waals surface area (Å²) in [5.74, 6) is -0.136. The van der Waals surface area contributed by atoms with Gasteiger partial charge in [0.1, 0.15) is 0 Å². The van der Waals surface area contributed by atoms with Crippen molar-refractivity contribution in [1.29, 1.82) is 0 Å². The molecule has 1 N–H and O–H groups in total. The van der Waals surface area contributed by atoms with Crippen LogP contribution in [0.1, 0.15) is 49.5 Å². The van der Waals surface area contributed by atoms with Crippen LogP contribution >= 0.6 is 0 Å². The lowest BCUT2D eigenvalue weighted by Crippen LogP contribution is -2.29. The number of para-hydroxylation sites is 1. The lowest BCUT2D eigenvalue weighted by Gasteiger charge is -2.24. The van der Waals surface area contributed by atoms with Crippen LogP contribution in [-0.4, -0.2) is 36.9 Å². The molecule has 0 bridgehead atoms. The van der Waals surface area contributed by atoms with Gasteiger partial charge in [0, 0.05) is 49.0 Å². The zero-order valence-electron chi connectivity index (χ0n) is 17.9. The fourth-order valence-electron chi connectivity index (χ4n) is 3.51. The molecule has 1 aliphatic rings. The molecule has 0 aromatic heterocycles. The van der Waals surface area contributed by atoms with Crippen LogP contribution in [0.2, 0.25) is 0 Å². The molecule has 2 aromatic rings. The smallest absolute Gasteiger partial charge is 0.253 e. The molecule has 0 spiro atoms. The van der Waals surface area contributed by atoms with Crippen molar-refractivity contribution < 1.29 is 9.59 Å². The Hall–Kier alpha value is -2.82. The molecule has 2 aromatic carbocycles. The topological polar surface area (TPSA) is 52.6 Å². The number of rotatable bonds is 5. The predicted octanol–water partition coefficient (Wildman–Crippen LogP) is 4.54. The number of nitrogens with one attached hydrogen (secondary N) is 1. The summed E-state index contributed by atoms with van der Waals surface area (Å²) in [6, 6.07) is 15.5. The van der Waals surface area contributed by atoms with E-state index in [1.165, 1.54) is 18.5 Å². The molecule has 1 aliphatic heterocycles. The Morgan fingerprint density at radius 3 is 2.41 bits per heavy atom. The molecular weight excluding hydrogens is 362 g/mol. The van der Waals surface area contributed by atoms with Gasteiger partial charge in [-0.25, -0.2) is 0 Å². The summed E-state index contributed by atoms with van der Waals surface area (Å²) >= 11 is 0. The number of nitrogens with zero attached hydrogens (tertiary/aromatic N) is 2. The van der Waals surface area contributed by atoms with Gasteiger partial charge in [0.15, 0.2) is 0 Å². The van der Waals surface area contributed by atoms with Crippen LogP contribution in [0.15, 0.2) is 48.5 Å². The summed E-state index contributed by atoms with van der Waals surface area (Å²) in [5.41, 5.74) is 3.09. The molecule has 29 heavy (non-hydrogen) atoms. The number of amides is 2. The number of hydrogen-bond donors (Lipinski definition) is 1. The fraction of sp³-hybridized carbons (Fsp3) is 0.417. The monoisotopic (exact) mass is 393 g/mol. The summed E-state index contributed by atoms with van der Waals surface area (Å²) in [5, 5.41) is 2.90. The molecule has 1 fully saturated rings. The Bertz CT molecular complexity index is 880. The van der Waals surface area contributed by atoms with E-state index in [2.05, 4.69) is 28.4 Å². The molecule has 154 valence electrons. The molecule has 0 atom stereocenters. The van der Waals surface area contributed by atoms with Crippen molar-refractivity contribution >= 4 is 23.2 Å². The first-order valence-corrected chi connectivity index (χ1v) is 10.3. The average Bonchev–Trinajstić information content (AvgIpc) is 3.22. The third-order valence-electron chi connectivity index (χ3n) is 5.24. The Morgan fingerprint density at radius 1 is 1.03 bits per heavy atom. The van der Waals surface area contributed by atoms with Gasteiger partial charge < -0.3 is 15.1 Å². The quantitative estimate of drug-likeness (QED) is 0.811. The third kappa shape index (κ3) is 5.17. The zero-order chi connectivity index (χ0) is 21.0. The van der Waals surface area contributed by atoms with Gasteiger partial charge in [0.25, 0.3) is 5.91 Å². The summed E-state index contributed by atoms with van der Waals surface area (Å²) in [6.07, 6.45) is 2.44. The highest BCUT2D eigenvalue weighted by atomic mass is 16.2. The van der Waals surface area contributed by atoms with Crippen LogP contribution in [0.25, 0.3) is 0 Å². The molecule has 0 unspecified atom stereocenters. The minimum absolute atomic E-state index is 0.0620. The van der Waals surface area contributed by atoms with Crippen LogP contribution in [0, 0.1) is 5.41 Å². The molecule has 3 rings (SSSR count). The lowest BCUT2D eigenvalue weighted by atomic mass is 9.95. The van der Waals surface area contributed by atoms with Crippen LogP contribution in [0.4, 0.5) is 11.4 Å². The number of carbonyl (C=O) groups excluding carboxylic acids is 2. The number of hydrogen-bond acceptors (Lipinski definition) is 3. The second-order valence-corrected chi connectivity index (χ2v) is 8.77. The first-order chi connectivity index (χ1) is 13.8. The second kappa shape index (κ2) is 8.68. The van der Waals surface area contributed by atoms with Crippen molar-refractivity contribution in [2.75, 3.05) is 30.4 Å². The van der Waals surface area contributed by atoms with E-state index in [9.17, 15) is 9.59 Å². The first kappa shape index (κ1) is 20.9. The Morgan fingerprint density at radius 2 is 1.72 bits per heavy atom. The largest absolute Gasteiger partial charge is 0.371 e. The summed E-state index contributed by atoms with van der Waals surface area (Å²) in [7, 11) is 1.82. The minimum Gasteiger partial charge on any atom is -0.371 e. The molecule has 0 saturated carbocycles. The molecule has 0 radical (unpaired) electrons. The van der Waals surface area contributed by atoms with E-state index < -0.39 is 5.41 Å². The molecule has 1 heterocycles. The van der Waals surface area contributed by atoms with Gasteiger partial charge in [-0.05, 0) is 42.7 Å². The summed E-state index contributed by atoms with van der Waals surface area (Å²) in [6.45, 7) is 8.28. The first-order valence-electron chi connectivity index (χ1n) is 10.3. The van der Waals surface area contributed by atoms with Crippen molar-refractivity contribution in [2.45, 2.75) is 40.2 Å². The lowest BCUT2D eigenvalue weighted by molar-refractivity contribution is -0.123. The zero-order valence-corrected chi connectivity index (χ0v) is 17.9. The second-order valence-electron chi connectivity index (χ2n) is 8.77. The molecular formula is C24H31N3O2. The van der Waals surface area contributed by atoms with Gasteiger partial charge in [0.2, 0.25) is 5.91 Å². The van der Waals surface area contributed by atoms with E-state index in [0.29, 0.717) is 17.8 Å². The summed E-state index contributed by atoms with van der Waals surface area (Å²) < 4.78 is 0. The highest BCUT2D eigenvalue weighted by molar-refractivity contribution is 5.98.